The molecule has 68 heavy (non-hydrogen) atoms. The Hall–Kier alpha value is -9.26. The molecule has 0 aliphatic carbocycles. The van der Waals surface area contributed by atoms with Crippen molar-refractivity contribution in [2.75, 3.05) is 0 Å². The highest BCUT2D eigenvalue weighted by molar-refractivity contribution is 6.15. The fourth-order valence-electron chi connectivity index (χ4n) is 9.26. The summed E-state index contributed by atoms with van der Waals surface area (Å²) in [6.45, 7) is 0. The molecule has 0 N–H and O–H groups in total. The first-order valence-corrected chi connectivity index (χ1v) is 22.7. The van der Waals surface area contributed by atoms with E-state index in [2.05, 4.69) is 127 Å². The van der Waals surface area contributed by atoms with Crippen LogP contribution in [0.15, 0.2) is 239 Å². The smallest absolute Gasteiger partial charge is 0.160 e. The van der Waals surface area contributed by atoms with Gasteiger partial charge in [0.15, 0.2) is 11.6 Å². The van der Waals surface area contributed by atoms with E-state index < -0.39 is 0 Å². The molecule has 0 unspecified atom stereocenters. The molecule has 0 saturated carbocycles. The Kier molecular flexibility index (Phi) is 9.39. The van der Waals surface area contributed by atoms with Crippen LogP contribution in [0.2, 0.25) is 0 Å². The van der Waals surface area contributed by atoms with E-state index in [-0.39, 0.29) is 0 Å². The van der Waals surface area contributed by atoms with Crippen molar-refractivity contribution in [3.63, 3.8) is 0 Å². The second-order valence-electron chi connectivity index (χ2n) is 17.0. The number of fused-ring (bicyclic) bond motifs is 6. The van der Waals surface area contributed by atoms with Gasteiger partial charge in [-0.25, -0.2) is 19.9 Å². The van der Waals surface area contributed by atoms with Crippen LogP contribution in [0.3, 0.4) is 0 Å². The van der Waals surface area contributed by atoms with Gasteiger partial charge in [-0.15, -0.1) is 0 Å². The van der Waals surface area contributed by atoms with Crippen molar-refractivity contribution in [2.24, 2.45) is 0 Å². The third-order valence-corrected chi connectivity index (χ3v) is 12.7. The van der Waals surface area contributed by atoms with Crippen molar-refractivity contribution in [1.82, 2.24) is 19.9 Å². The van der Waals surface area contributed by atoms with E-state index in [0.717, 1.165) is 122 Å². The van der Waals surface area contributed by atoms with Gasteiger partial charge >= 0.3 is 0 Å². The van der Waals surface area contributed by atoms with E-state index in [1.807, 2.05) is 103 Å². The fraction of sp³-hybridized carbons (Fsp3) is 0. The summed E-state index contributed by atoms with van der Waals surface area (Å²) in [6.07, 6.45) is 0. The Morgan fingerprint density at radius 2 is 0.529 bits per heavy atom. The highest BCUT2D eigenvalue weighted by Gasteiger charge is 2.17. The molecule has 0 fully saturated rings. The first-order chi connectivity index (χ1) is 33.6. The fourth-order valence-corrected chi connectivity index (χ4v) is 9.26. The average molecular weight is 871 g/mol. The molecule has 0 bridgehead atoms. The third-order valence-electron chi connectivity index (χ3n) is 12.7. The second kappa shape index (κ2) is 16.3. The second-order valence-corrected chi connectivity index (χ2v) is 17.0. The predicted octanol–water partition coefficient (Wildman–Crippen LogP) is 16.4. The van der Waals surface area contributed by atoms with Gasteiger partial charge in [-0.05, 0) is 76.9 Å². The van der Waals surface area contributed by atoms with Gasteiger partial charge in [0.2, 0.25) is 0 Å². The van der Waals surface area contributed by atoms with E-state index in [1.165, 1.54) is 0 Å². The normalized spacial score (nSPS) is 11.5. The molecule has 318 valence electrons. The molecule has 0 radical (unpaired) electrons. The van der Waals surface area contributed by atoms with Crippen molar-refractivity contribution in [3.05, 3.63) is 231 Å². The zero-order valence-electron chi connectivity index (χ0n) is 36.5. The highest BCUT2D eigenvalue weighted by Crippen LogP contribution is 2.40. The lowest BCUT2D eigenvalue weighted by atomic mass is 9.99. The molecule has 13 aromatic rings. The quantitative estimate of drug-likeness (QED) is 0.151. The summed E-state index contributed by atoms with van der Waals surface area (Å²) >= 11 is 0. The maximum atomic E-state index is 6.59. The lowest BCUT2D eigenvalue weighted by Gasteiger charge is -2.10. The highest BCUT2D eigenvalue weighted by atomic mass is 16.3. The summed E-state index contributed by atoms with van der Waals surface area (Å²) in [6, 6.07) is 79.2. The van der Waals surface area contributed by atoms with Crippen LogP contribution >= 0.6 is 0 Å². The molecule has 4 heterocycles. The maximum Gasteiger partial charge on any atom is 0.160 e. The van der Waals surface area contributed by atoms with Crippen molar-refractivity contribution >= 4 is 43.9 Å². The van der Waals surface area contributed by atoms with Crippen LogP contribution in [0.25, 0.3) is 134 Å². The van der Waals surface area contributed by atoms with Gasteiger partial charge in [-0.3, -0.25) is 0 Å². The lowest BCUT2D eigenvalue weighted by Crippen LogP contribution is -1.96. The van der Waals surface area contributed by atoms with Gasteiger partial charge < -0.3 is 8.83 Å². The summed E-state index contributed by atoms with van der Waals surface area (Å²) in [5.74, 6) is 1.38. The molecule has 0 saturated heterocycles. The molecule has 6 nitrogen and oxygen atoms in total. The number of benzene rings is 9. The molecule has 0 aliphatic rings. The van der Waals surface area contributed by atoms with Crippen molar-refractivity contribution in [1.29, 1.82) is 0 Å². The molecule has 13 rings (SSSR count). The molecule has 0 amide bonds. The zero-order chi connectivity index (χ0) is 45.0. The van der Waals surface area contributed by atoms with Gasteiger partial charge in [0.1, 0.15) is 22.3 Å². The largest absolute Gasteiger partial charge is 0.456 e. The van der Waals surface area contributed by atoms with Crippen molar-refractivity contribution < 1.29 is 8.83 Å². The van der Waals surface area contributed by atoms with Gasteiger partial charge in [0.25, 0.3) is 0 Å². The third kappa shape index (κ3) is 7.18. The molecule has 6 heteroatoms. The van der Waals surface area contributed by atoms with Crippen LogP contribution in [0.1, 0.15) is 0 Å². The Morgan fingerprint density at radius 3 is 0.941 bits per heavy atom. The van der Waals surface area contributed by atoms with E-state index in [1.54, 1.807) is 0 Å². The van der Waals surface area contributed by atoms with E-state index in [4.69, 9.17) is 28.8 Å². The minimum atomic E-state index is 0.690. The molecule has 0 aliphatic heterocycles. The lowest BCUT2D eigenvalue weighted by molar-refractivity contribution is 0.656. The number of hydrogen-bond acceptors (Lipinski definition) is 6. The van der Waals surface area contributed by atoms with Crippen molar-refractivity contribution in [3.8, 4) is 90.1 Å². The summed E-state index contributed by atoms with van der Waals surface area (Å²) in [5, 5.41) is 4.20. The summed E-state index contributed by atoms with van der Waals surface area (Å²) in [5.41, 5.74) is 17.0. The Bertz CT molecular complexity index is 3640. The Morgan fingerprint density at radius 1 is 0.206 bits per heavy atom. The number of aromatic nitrogens is 4. The van der Waals surface area contributed by atoms with Crippen LogP contribution in [0.4, 0.5) is 0 Å². The van der Waals surface area contributed by atoms with E-state index in [9.17, 15) is 0 Å². The van der Waals surface area contributed by atoms with E-state index in [0.29, 0.717) is 11.6 Å². The average Bonchev–Trinajstić information content (AvgIpc) is 3.97. The molecular weight excluding hydrogens is 833 g/mol. The van der Waals surface area contributed by atoms with Gasteiger partial charge in [0, 0.05) is 61.0 Å². The first kappa shape index (κ1) is 39.1. The maximum absolute atomic E-state index is 6.59. The summed E-state index contributed by atoms with van der Waals surface area (Å²) < 4.78 is 13.2. The van der Waals surface area contributed by atoms with Crippen LogP contribution in [-0.4, -0.2) is 19.9 Å². The SMILES string of the molecule is c1ccc(-c2cc(-c3cccc(-c4ccc5c(c4)oc4cc6oc7cc(-c8cccc(-c9cc(-c%10ccccc%10)nc(-c%10ccccc%10)n9)c8)ccc7c6cc45)c3)nc(-c3ccccc3)n2)cc1. The van der Waals surface area contributed by atoms with Crippen LogP contribution < -0.4 is 0 Å². The predicted molar refractivity (Wildman–Crippen MR) is 276 cm³/mol. The van der Waals surface area contributed by atoms with Crippen molar-refractivity contribution in [2.45, 2.75) is 0 Å². The Labute approximate surface area is 391 Å². The van der Waals surface area contributed by atoms with E-state index >= 15 is 0 Å². The molecule has 4 aromatic heterocycles. The van der Waals surface area contributed by atoms with Crippen LogP contribution in [0.5, 0.6) is 0 Å². The van der Waals surface area contributed by atoms with Gasteiger partial charge in [-0.2, -0.15) is 0 Å². The van der Waals surface area contributed by atoms with Crippen LogP contribution in [0, 0.1) is 0 Å². The summed E-state index contributed by atoms with van der Waals surface area (Å²) in [4.78, 5) is 20.1. The zero-order valence-corrected chi connectivity index (χ0v) is 36.5. The topological polar surface area (TPSA) is 77.8 Å². The summed E-state index contributed by atoms with van der Waals surface area (Å²) in [7, 11) is 0. The Balaban J connectivity index is 0.827. The number of rotatable bonds is 8. The number of furan rings is 2. The van der Waals surface area contributed by atoms with Crippen LogP contribution in [-0.2, 0) is 0 Å². The first-order valence-electron chi connectivity index (χ1n) is 22.7. The van der Waals surface area contributed by atoms with Gasteiger partial charge in [0.05, 0.1) is 22.8 Å². The molecule has 0 atom stereocenters. The minimum Gasteiger partial charge on any atom is -0.456 e. The standard InChI is InChI=1S/C62H38N4O2/c1-5-15-39(16-6-1)53-36-55(65-61(63-53)41-19-9-3-10-20-41)47-25-13-23-43(31-47)45-27-29-49-51-35-52-50-30-28-46(34-58(50)68-60(52)38-59(51)67-57(49)33-45)44-24-14-26-48(32-44)56-37-54(40-17-7-2-8-18-40)64-62(66-56)42-21-11-4-12-22-42/h1-38H. The molecule has 0 spiro atoms. The number of nitrogens with zero attached hydrogens (tertiary/aromatic N) is 4. The molecule has 9 aromatic carbocycles. The minimum absolute atomic E-state index is 0.690. The number of hydrogen-bond donors (Lipinski definition) is 0. The molecular formula is C62H38N4O2. The monoisotopic (exact) mass is 870 g/mol. The van der Waals surface area contributed by atoms with Gasteiger partial charge in [-0.1, -0.05) is 170 Å².